The molecule has 78 valence electrons. The Morgan fingerprint density at radius 2 is 2.07 bits per heavy atom. The zero-order valence-electron chi connectivity index (χ0n) is 8.30. The molecule has 1 aromatic heterocycles. The van der Waals surface area contributed by atoms with Crippen LogP contribution in [0.1, 0.15) is 5.89 Å². The minimum atomic E-state index is 0.252. The molecule has 2 aromatic rings. The Bertz CT molecular complexity index is 436. The summed E-state index contributed by atoms with van der Waals surface area (Å²) in [4.78, 5) is 4.15. The lowest BCUT2D eigenvalue weighted by Crippen LogP contribution is -1.75. The van der Waals surface area contributed by atoms with Gasteiger partial charge in [-0.1, -0.05) is 0 Å². The normalized spacial score (nSPS) is 10.5. The monoisotopic (exact) mass is 221 g/mol. The number of thioether (sulfide) groups is 1. The van der Waals surface area contributed by atoms with E-state index in [4.69, 9.17) is 9.52 Å². The van der Waals surface area contributed by atoms with Gasteiger partial charge in [-0.15, -0.1) is 0 Å². The van der Waals surface area contributed by atoms with Crippen molar-refractivity contribution < 1.29 is 9.52 Å². The summed E-state index contributed by atoms with van der Waals surface area (Å²) in [6.45, 7) is 0. The van der Waals surface area contributed by atoms with Crippen LogP contribution in [0.4, 0.5) is 0 Å². The van der Waals surface area contributed by atoms with Crippen molar-refractivity contribution in [1.82, 2.24) is 4.98 Å². The van der Waals surface area contributed by atoms with Gasteiger partial charge in [0.2, 0.25) is 5.89 Å². The van der Waals surface area contributed by atoms with Crippen LogP contribution >= 0.6 is 11.8 Å². The molecule has 3 nitrogen and oxygen atoms in total. The Hall–Kier alpha value is -1.42. The van der Waals surface area contributed by atoms with E-state index in [-0.39, 0.29) is 5.75 Å². The van der Waals surface area contributed by atoms with Crippen LogP contribution in [0.25, 0.3) is 11.3 Å². The number of phenolic OH excluding ortho intramolecular Hbond substituents is 1. The van der Waals surface area contributed by atoms with Crippen molar-refractivity contribution in [3.63, 3.8) is 0 Å². The standard InChI is InChI=1S/C11H11NO2S/c1-15-7-11-12-6-10(14-11)8-2-4-9(13)5-3-8/h2-6,13H,7H2,1H3. The molecular formula is C11H11NO2S. The summed E-state index contributed by atoms with van der Waals surface area (Å²) in [5, 5.41) is 9.14. The van der Waals surface area contributed by atoms with E-state index in [0.29, 0.717) is 0 Å². The fourth-order valence-electron chi connectivity index (χ4n) is 1.26. The average Bonchev–Trinajstić information content (AvgIpc) is 2.68. The molecule has 0 radical (unpaired) electrons. The van der Waals surface area contributed by atoms with E-state index >= 15 is 0 Å². The third kappa shape index (κ3) is 2.33. The SMILES string of the molecule is CSCc1ncc(-c2ccc(O)cc2)o1. The van der Waals surface area contributed by atoms with Crippen molar-refractivity contribution in [2.24, 2.45) is 0 Å². The first kappa shape index (κ1) is 10.1. The Morgan fingerprint density at radius 1 is 1.33 bits per heavy atom. The molecule has 0 aliphatic rings. The Labute approximate surface area is 92.1 Å². The minimum Gasteiger partial charge on any atom is -0.508 e. The number of hydrogen-bond donors (Lipinski definition) is 1. The van der Waals surface area contributed by atoms with E-state index in [1.54, 1.807) is 42.2 Å². The van der Waals surface area contributed by atoms with Crippen LogP contribution in [0.3, 0.4) is 0 Å². The number of nitrogens with zero attached hydrogens (tertiary/aromatic N) is 1. The molecule has 0 atom stereocenters. The summed E-state index contributed by atoms with van der Waals surface area (Å²) in [5.41, 5.74) is 0.924. The van der Waals surface area contributed by atoms with Crippen LogP contribution in [-0.2, 0) is 5.75 Å². The summed E-state index contributed by atoms with van der Waals surface area (Å²) in [6, 6.07) is 6.87. The topological polar surface area (TPSA) is 46.3 Å². The molecule has 0 saturated heterocycles. The van der Waals surface area contributed by atoms with Gasteiger partial charge in [0, 0.05) is 5.56 Å². The van der Waals surface area contributed by atoms with Gasteiger partial charge in [-0.25, -0.2) is 4.98 Å². The summed E-state index contributed by atoms with van der Waals surface area (Å²) in [7, 11) is 0. The van der Waals surface area contributed by atoms with Crippen LogP contribution in [-0.4, -0.2) is 16.3 Å². The van der Waals surface area contributed by atoms with Gasteiger partial charge in [-0.2, -0.15) is 11.8 Å². The summed E-state index contributed by atoms with van der Waals surface area (Å²) in [5.74, 6) is 2.49. The Kier molecular flexibility index (Phi) is 2.97. The molecule has 0 aliphatic carbocycles. The molecule has 1 aromatic carbocycles. The molecule has 0 bridgehead atoms. The second-order valence-corrected chi connectivity index (χ2v) is 3.96. The van der Waals surface area contributed by atoms with Gasteiger partial charge in [0.1, 0.15) is 5.75 Å². The molecule has 0 spiro atoms. The highest BCUT2D eigenvalue weighted by molar-refractivity contribution is 7.97. The Balaban J connectivity index is 2.25. The number of hydrogen-bond acceptors (Lipinski definition) is 4. The quantitative estimate of drug-likeness (QED) is 0.865. The molecule has 1 heterocycles. The summed E-state index contributed by atoms with van der Waals surface area (Å²) >= 11 is 1.67. The number of aromatic nitrogens is 1. The van der Waals surface area contributed by atoms with Crippen LogP contribution in [0.5, 0.6) is 5.75 Å². The maximum Gasteiger partial charge on any atom is 0.204 e. The molecule has 0 unspecified atom stereocenters. The summed E-state index contributed by atoms with van der Waals surface area (Å²) < 4.78 is 5.54. The van der Waals surface area contributed by atoms with Gasteiger partial charge in [0.15, 0.2) is 5.76 Å². The molecule has 0 aliphatic heterocycles. The van der Waals surface area contributed by atoms with Crippen molar-refractivity contribution in [3.05, 3.63) is 36.4 Å². The van der Waals surface area contributed by atoms with Gasteiger partial charge < -0.3 is 9.52 Å². The van der Waals surface area contributed by atoms with E-state index in [0.717, 1.165) is 23.0 Å². The molecule has 15 heavy (non-hydrogen) atoms. The lowest BCUT2D eigenvalue weighted by molar-refractivity contribution is 0.475. The van der Waals surface area contributed by atoms with E-state index in [1.165, 1.54) is 0 Å². The molecular weight excluding hydrogens is 210 g/mol. The third-order valence-corrected chi connectivity index (χ3v) is 2.51. The molecule has 1 N–H and O–H groups in total. The first-order valence-electron chi connectivity index (χ1n) is 4.52. The number of oxazole rings is 1. The van der Waals surface area contributed by atoms with Crippen molar-refractivity contribution >= 4 is 11.8 Å². The molecule has 4 heteroatoms. The zero-order chi connectivity index (χ0) is 10.7. The maximum atomic E-state index is 9.14. The van der Waals surface area contributed by atoms with Crippen LogP contribution in [0.2, 0.25) is 0 Å². The zero-order valence-corrected chi connectivity index (χ0v) is 9.12. The second-order valence-electron chi connectivity index (χ2n) is 3.10. The largest absolute Gasteiger partial charge is 0.508 e. The number of benzene rings is 1. The Morgan fingerprint density at radius 3 is 2.73 bits per heavy atom. The number of rotatable bonds is 3. The van der Waals surface area contributed by atoms with Gasteiger partial charge in [0.25, 0.3) is 0 Å². The molecule has 0 amide bonds. The summed E-state index contributed by atoms with van der Waals surface area (Å²) in [6.07, 6.45) is 3.71. The first-order chi connectivity index (χ1) is 7.29. The maximum absolute atomic E-state index is 9.14. The van der Waals surface area contributed by atoms with Crippen LogP contribution < -0.4 is 0 Å². The van der Waals surface area contributed by atoms with E-state index in [2.05, 4.69) is 4.98 Å². The predicted molar refractivity (Wildman–Crippen MR) is 60.8 cm³/mol. The average molecular weight is 221 g/mol. The van der Waals surface area contributed by atoms with Crippen molar-refractivity contribution in [2.45, 2.75) is 5.75 Å². The number of phenols is 1. The van der Waals surface area contributed by atoms with Gasteiger partial charge in [0.05, 0.1) is 11.9 Å². The van der Waals surface area contributed by atoms with Gasteiger partial charge >= 0.3 is 0 Å². The molecule has 0 saturated carbocycles. The van der Waals surface area contributed by atoms with Gasteiger partial charge in [-0.05, 0) is 30.5 Å². The molecule has 2 rings (SSSR count). The van der Waals surface area contributed by atoms with E-state index < -0.39 is 0 Å². The lowest BCUT2D eigenvalue weighted by Gasteiger charge is -1.96. The highest BCUT2D eigenvalue weighted by Gasteiger charge is 2.05. The number of aromatic hydroxyl groups is 1. The highest BCUT2D eigenvalue weighted by atomic mass is 32.2. The van der Waals surface area contributed by atoms with Crippen molar-refractivity contribution in [2.75, 3.05) is 6.26 Å². The molecule has 0 fully saturated rings. The van der Waals surface area contributed by atoms with Crippen LogP contribution in [0.15, 0.2) is 34.9 Å². The van der Waals surface area contributed by atoms with E-state index in [9.17, 15) is 0 Å². The minimum absolute atomic E-state index is 0.252. The fourth-order valence-corrected chi connectivity index (χ4v) is 1.64. The first-order valence-corrected chi connectivity index (χ1v) is 5.92. The van der Waals surface area contributed by atoms with Crippen LogP contribution in [0, 0.1) is 0 Å². The van der Waals surface area contributed by atoms with Crippen molar-refractivity contribution in [1.29, 1.82) is 0 Å². The second kappa shape index (κ2) is 4.40. The third-order valence-electron chi connectivity index (χ3n) is 1.97. The highest BCUT2D eigenvalue weighted by Crippen LogP contribution is 2.23. The van der Waals surface area contributed by atoms with Crippen molar-refractivity contribution in [3.8, 4) is 17.1 Å². The smallest absolute Gasteiger partial charge is 0.204 e. The van der Waals surface area contributed by atoms with E-state index in [1.807, 2.05) is 6.26 Å². The van der Waals surface area contributed by atoms with Gasteiger partial charge in [-0.3, -0.25) is 0 Å². The fraction of sp³-hybridized carbons (Fsp3) is 0.182. The predicted octanol–water partition coefficient (Wildman–Crippen LogP) is 2.91. The lowest BCUT2D eigenvalue weighted by atomic mass is 10.2.